The van der Waals surface area contributed by atoms with Crippen LogP contribution >= 0.6 is 11.6 Å². The number of carboxylic acid groups (broad SMARTS) is 2. The molecule has 0 fully saturated rings. The minimum atomic E-state index is -1.84. The Morgan fingerprint density at radius 1 is 1.06 bits per heavy atom. The van der Waals surface area contributed by atoms with Crippen molar-refractivity contribution in [2.24, 2.45) is 0 Å². The largest absolute Gasteiger partial charge is 0.481 e. The van der Waals surface area contributed by atoms with Crippen molar-refractivity contribution in [3.8, 4) is 0 Å². The number of benzene rings is 2. The molecule has 0 spiro atoms. The number of aryl methyl sites for hydroxylation is 1. The number of halogens is 3. The maximum Gasteiger partial charge on any atom is 0.326 e. The average Bonchev–Trinajstić information content (AvgIpc) is 2.66. The second kappa shape index (κ2) is 9.85. The SMILES string of the molecule is Cc1cccc(Cl)c1NC(=O)Nc1cc(F)c(F)cc1C(=O)N[C@@H](CC(=O)O)C(=O)O. The molecule has 0 aliphatic carbocycles. The van der Waals surface area contributed by atoms with Crippen LogP contribution in [0.15, 0.2) is 30.3 Å². The van der Waals surface area contributed by atoms with Gasteiger partial charge in [0, 0.05) is 6.07 Å². The lowest BCUT2D eigenvalue weighted by Gasteiger charge is -2.16. The third-order valence-corrected chi connectivity index (χ3v) is 4.31. The minimum absolute atomic E-state index is 0.205. The first kappa shape index (κ1) is 23.5. The number of anilines is 2. The molecule has 9 nitrogen and oxygen atoms in total. The molecule has 0 saturated heterocycles. The lowest BCUT2D eigenvalue weighted by molar-refractivity contribution is -0.145. The molecule has 0 aromatic heterocycles. The van der Waals surface area contributed by atoms with Crippen molar-refractivity contribution in [3.63, 3.8) is 0 Å². The van der Waals surface area contributed by atoms with Crippen LogP contribution in [0, 0.1) is 18.6 Å². The van der Waals surface area contributed by atoms with Crippen molar-refractivity contribution >= 4 is 46.9 Å². The molecule has 31 heavy (non-hydrogen) atoms. The van der Waals surface area contributed by atoms with Gasteiger partial charge in [0.05, 0.1) is 28.4 Å². The molecule has 0 aliphatic rings. The molecule has 0 aliphatic heterocycles. The molecule has 2 rings (SSSR count). The second-order valence-corrected chi connectivity index (χ2v) is 6.69. The van der Waals surface area contributed by atoms with Gasteiger partial charge in [0.15, 0.2) is 11.6 Å². The third-order valence-electron chi connectivity index (χ3n) is 4.00. The highest BCUT2D eigenvalue weighted by atomic mass is 35.5. The number of nitrogens with one attached hydrogen (secondary N) is 3. The molecular formula is C19H16ClF2N3O6. The zero-order valence-corrected chi connectivity index (χ0v) is 16.6. The molecule has 2 aromatic carbocycles. The van der Waals surface area contributed by atoms with E-state index in [1.807, 2.05) is 5.32 Å². The van der Waals surface area contributed by atoms with E-state index in [0.717, 1.165) is 0 Å². The van der Waals surface area contributed by atoms with Crippen LogP contribution < -0.4 is 16.0 Å². The fourth-order valence-corrected chi connectivity index (χ4v) is 2.78. The number of carbonyl (C=O) groups excluding carboxylic acids is 2. The molecule has 0 heterocycles. The molecule has 0 bridgehead atoms. The number of carbonyl (C=O) groups is 4. The summed E-state index contributed by atoms with van der Waals surface area (Å²) in [6.07, 6.45) is -0.959. The number of hydrogen-bond acceptors (Lipinski definition) is 4. The van der Waals surface area contributed by atoms with Crippen molar-refractivity contribution in [1.82, 2.24) is 5.32 Å². The smallest absolute Gasteiger partial charge is 0.326 e. The summed E-state index contributed by atoms with van der Waals surface area (Å²) in [4.78, 5) is 46.7. The monoisotopic (exact) mass is 455 g/mol. The second-order valence-electron chi connectivity index (χ2n) is 6.28. The number of hydrogen-bond donors (Lipinski definition) is 5. The highest BCUT2D eigenvalue weighted by molar-refractivity contribution is 6.34. The number of urea groups is 1. The van der Waals surface area contributed by atoms with Gasteiger partial charge in [0.2, 0.25) is 0 Å². The average molecular weight is 456 g/mol. The van der Waals surface area contributed by atoms with Gasteiger partial charge in [-0.15, -0.1) is 0 Å². The first-order chi connectivity index (χ1) is 14.5. The number of para-hydroxylation sites is 1. The quantitative estimate of drug-likeness (QED) is 0.433. The Bertz CT molecular complexity index is 1040. The molecule has 0 saturated carbocycles. The molecule has 3 amide bonds. The minimum Gasteiger partial charge on any atom is -0.481 e. The molecule has 0 unspecified atom stereocenters. The van der Waals surface area contributed by atoms with Gasteiger partial charge in [-0.2, -0.15) is 0 Å². The van der Waals surface area contributed by atoms with Crippen LogP contribution in [0.25, 0.3) is 0 Å². The van der Waals surface area contributed by atoms with E-state index < -0.39 is 59.2 Å². The Kier molecular flexibility index (Phi) is 7.48. The summed E-state index contributed by atoms with van der Waals surface area (Å²) >= 11 is 6.01. The Labute approximate surface area is 179 Å². The van der Waals surface area contributed by atoms with Crippen LogP contribution in [0.5, 0.6) is 0 Å². The van der Waals surface area contributed by atoms with Crippen molar-refractivity contribution in [2.75, 3.05) is 10.6 Å². The number of aliphatic carboxylic acids is 2. The number of amides is 3. The lowest BCUT2D eigenvalue weighted by atomic mass is 10.1. The number of rotatable bonds is 7. The normalized spacial score (nSPS) is 11.4. The molecule has 164 valence electrons. The van der Waals surface area contributed by atoms with Crippen LogP contribution in [0.2, 0.25) is 5.02 Å². The maximum absolute atomic E-state index is 13.7. The van der Waals surface area contributed by atoms with E-state index >= 15 is 0 Å². The van der Waals surface area contributed by atoms with E-state index in [4.69, 9.17) is 21.8 Å². The molecule has 0 radical (unpaired) electrons. The topological polar surface area (TPSA) is 145 Å². The summed E-state index contributed by atoms with van der Waals surface area (Å²) < 4.78 is 27.4. The van der Waals surface area contributed by atoms with Crippen LogP contribution in [0.1, 0.15) is 22.3 Å². The van der Waals surface area contributed by atoms with Gasteiger partial charge in [-0.1, -0.05) is 23.7 Å². The third kappa shape index (κ3) is 6.12. The van der Waals surface area contributed by atoms with Crippen molar-refractivity contribution < 1.29 is 38.2 Å². The van der Waals surface area contributed by atoms with Crippen molar-refractivity contribution in [2.45, 2.75) is 19.4 Å². The zero-order valence-electron chi connectivity index (χ0n) is 15.8. The summed E-state index contributed by atoms with van der Waals surface area (Å²) in [5.74, 6) is -7.23. The molecule has 1 atom stereocenters. The molecule has 5 N–H and O–H groups in total. The van der Waals surface area contributed by atoms with E-state index in [1.54, 1.807) is 19.1 Å². The lowest BCUT2D eigenvalue weighted by Crippen LogP contribution is -2.42. The van der Waals surface area contributed by atoms with E-state index in [9.17, 15) is 28.0 Å². The van der Waals surface area contributed by atoms with Gasteiger partial charge in [-0.05, 0) is 24.6 Å². The molecule has 12 heteroatoms. The predicted octanol–water partition coefficient (Wildman–Crippen LogP) is 3.23. The highest BCUT2D eigenvalue weighted by Crippen LogP contribution is 2.26. The standard InChI is InChI=1S/C19H16ClF2N3O6/c1-8-3-2-4-10(20)16(8)25-19(31)24-13-6-12(22)11(21)5-9(13)17(28)23-14(18(29)30)7-15(26)27/h2-6,14H,7H2,1H3,(H,23,28)(H,26,27)(H,29,30)(H2,24,25,31)/t14-/m0/s1. The number of carboxylic acids is 2. The van der Waals surface area contributed by atoms with Gasteiger partial charge in [0.25, 0.3) is 5.91 Å². The van der Waals surface area contributed by atoms with Crippen LogP contribution in [-0.2, 0) is 9.59 Å². The Morgan fingerprint density at radius 3 is 2.29 bits per heavy atom. The Hall–Kier alpha value is -3.73. The van der Waals surface area contributed by atoms with Crippen LogP contribution in [0.3, 0.4) is 0 Å². The van der Waals surface area contributed by atoms with E-state index in [-0.39, 0.29) is 10.7 Å². The van der Waals surface area contributed by atoms with E-state index in [1.165, 1.54) is 6.07 Å². The summed E-state index contributed by atoms with van der Waals surface area (Å²) in [5.41, 5.74) is -0.272. The highest BCUT2D eigenvalue weighted by Gasteiger charge is 2.26. The fraction of sp³-hybridized carbons (Fsp3) is 0.158. The maximum atomic E-state index is 13.7. The molecular weight excluding hydrogens is 440 g/mol. The van der Waals surface area contributed by atoms with Crippen LogP contribution in [0.4, 0.5) is 25.0 Å². The van der Waals surface area contributed by atoms with Crippen molar-refractivity contribution in [3.05, 3.63) is 58.1 Å². The first-order valence-electron chi connectivity index (χ1n) is 8.57. The van der Waals surface area contributed by atoms with Crippen molar-refractivity contribution in [1.29, 1.82) is 0 Å². The Balaban J connectivity index is 2.30. The zero-order chi connectivity index (χ0) is 23.3. The van der Waals surface area contributed by atoms with E-state index in [0.29, 0.717) is 17.7 Å². The summed E-state index contributed by atoms with van der Waals surface area (Å²) in [6, 6.07) is 3.00. The summed E-state index contributed by atoms with van der Waals surface area (Å²) in [5, 5.41) is 24.5. The fourth-order valence-electron chi connectivity index (χ4n) is 2.51. The van der Waals surface area contributed by atoms with Gasteiger partial charge in [-0.3, -0.25) is 9.59 Å². The van der Waals surface area contributed by atoms with Gasteiger partial charge >= 0.3 is 18.0 Å². The van der Waals surface area contributed by atoms with E-state index in [2.05, 4.69) is 10.6 Å². The summed E-state index contributed by atoms with van der Waals surface area (Å²) in [7, 11) is 0. The summed E-state index contributed by atoms with van der Waals surface area (Å²) in [6.45, 7) is 1.66. The van der Waals surface area contributed by atoms with Gasteiger partial charge in [0.1, 0.15) is 6.04 Å². The molecule has 2 aromatic rings. The first-order valence-corrected chi connectivity index (χ1v) is 8.95. The van der Waals surface area contributed by atoms with Crippen LogP contribution in [-0.4, -0.2) is 40.1 Å². The van der Waals surface area contributed by atoms with Gasteiger partial charge in [-0.25, -0.2) is 18.4 Å². The predicted molar refractivity (Wildman–Crippen MR) is 106 cm³/mol. The Morgan fingerprint density at radius 2 is 1.71 bits per heavy atom. The van der Waals surface area contributed by atoms with Gasteiger partial charge < -0.3 is 26.2 Å².